The Balaban J connectivity index is 1.40. The summed E-state index contributed by atoms with van der Waals surface area (Å²) in [6, 6.07) is 19.5. The monoisotopic (exact) mass is 458 g/mol. The van der Waals surface area contributed by atoms with E-state index >= 15 is 0 Å². The first-order valence-corrected chi connectivity index (χ1v) is 11.6. The third kappa shape index (κ3) is 4.37. The lowest BCUT2D eigenvalue weighted by Gasteiger charge is -2.38. The SMILES string of the molecule is [C-]#[N+]c1cccc(-c2ccc(C3(CCc4nc5cc(Cl)c(F)cc5[nH]4)CCNCC3)cc2)c1. The molecule has 1 saturated heterocycles. The van der Waals surface area contributed by atoms with Gasteiger partial charge in [0.25, 0.3) is 0 Å². The second-order valence-electron chi connectivity index (χ2n) is 8.74. The molecule has 4 aromatic rings. The summed E-state index contributed by atoms with van der Waals surface area (Å²) in [6.07, 6.45) is 3.85. The van der Waals surface area contributed by atoms with Gasteiger partial charge in [-0.2, -0.15) is 0 Å². The molecule has 1 aliphatic heterocycles. The maximum Gasteiger partial charge on any atom is 0.187 e. The third-order valence-corrected chi connectivity index (χ3v) is 7.07. The molecular formula is C27H24ClFN4. The number of nitrogens with zero attached hydrogens (tertiary/aromatic N) is 2. The number of halogens is 2. The van der Waals surface area contributed by atoms with Crippen LogP contribution in [0.3, 0.4) is 0 Å². The average Bonchev–Trinajstić information content (AvgIpc) is 3.25. The summed E-state index contributed by atoms with van der Waals surface area (Å²) in [5.41, 5.74) is 5.59. The number of piperidine rings is 1. The first-order valence-electron chi connectivity index (χ1n) is 11.2. The van der Waals surface area contributed by atoms with Crippen molar-refractivity contribution in [1.82, 2.24) is 15.3 Å². The Kier molecular flexibility index (Phi) is 5.88. The van der Waals surface area contributed by atoms with Gasteiger partial charge in [0, 0.05) is 12.5 Å². The van der Waals surface area contributed by atoms with E-state index in [1.54, 1.807) is 6.07 Å². The highest BCUT2D eigenvalue weighted by Crippen LogP contribution is 2.39. The van der Waals surface area contributed by atoms with Gasteiger partial charge in [-0.15, -0.1) is 0 Å². The molecule has 0 saturated carbocycles. The molecule has 5 rings (SSSR count). The summed E-state index contributed by atoms with van der Waals surface area (Å²) < 4.78 is 13.8. The fourth-order valence-corrected chi connectivity index (χ4v) is 5.05. The molecule has 0 atom stereocenters. The van der Waals surface area contributed by atoms with Gasteiger partial charge < -0.3 is 10.3 Å². The maximum atomic E-state index is 13.8. The third-order valence-electron chi connectivity index (χ3n) is 6.78. The zero-order valence-electron chi connectivity index (χ0n) is 18.2. The first kappa shape index (κ1) is 21.6. The summed E-state index contributed by atoms with van der Waals surface area (Å²) >= 11 is 5.92. The zero-order valence-corrected chi connectivity index (χ0v) is 18.9. The molecule has 1 aliphatic rings. The fourth-order valence-electron chi connectivity index (χ4n) is 4.89. The lowest BCUT2D eigenvalue weighted by atomic mass is 9.70. The van der Waals surface area contributed by atoms with E-state index in [1.807, 2.05) is 24.3 Å². The van der Waals surface area contributed by atoms with Crippen LogP contribution in [0.4, 0.5) is 10.1 Å². The predicted molar refractivity (Wildman–Crippen MR) is 131 cm³/mol. The quantitative estimate of drug-likeness (QED) is 0.322. The number of hydrogen-bond acceptors (Lipinski definition) is 2. The number of aromatic nitrogens is 2. The lowest BCUT2D eigenvalue weighted by Crippen LogP contribution is -2.40. The molecule has 166 valence electrons. The molecule has 33 heavy (non-hydrogen) atoms. The predicted octanol–water partition coefficient (Wildman–Crippen LogP) is 6.83. The van der Waals surface area contributed by atoms with Gasteiger partial charge in [0.05, 0.1) is 22.6 Å². The topological polar surface area (TPSA) is 45.1 Å². The molecule has 1 aromatic heterocycles. The van der Waals surface area contributed by atoms with Gasteiger partial charge in [0.15, 0.2) is 5.69 Å². The van der Waals surface area contributed by atoms with E-state index < -0.39 is 5.82 Å². The van der Waals surface area contributed by atoms with Crippen LogP contribution in [-0.4, -0.2) is 23.1 Å². The normalized spacial score (nSPS) is 15.4. The zero-order chi connectivity index (χ0) is 22.8. The number of aromatic amines is 1. The summed E-state index contributed by atoms with van der Waals surface area (Å²) in [7, 11) is 0. The minimum atomic E-state index is -0.434. The van der Waals surface area contributed by atoms with Crippen LogP contribution in [0.1, 0.15) is 30.7 Å². The van der Waals surface area contributed by atoms with Crippen LogP contribution in [0.25, 0.3) is 27.0 Å². The molecular weight excluding hydrogens is 435 g/mol. The second-order valence-corrected chi connectivity index (χ2v) is 9.14. The number of aryl methyl sites for hydroxylation is 1. The van der Waals surface area contributed by atoms with Crippen LogP contribution < -0.4 is 5.32 Å². The van der Waals surface area contributed by atoms with Gasteiger partial charge in [-0.25, -0.2) is 14.2 Å². The molecule has 2 N–H and O–H groups in total. The van der Waals surface area contributed by atoms with Gasteiger partial charge in [0.1, 0.15) is 11.6 Å². The first-order chi connectivity index (χ1) is 16.1. The van der Waals surface area contributed by atoms with Gasteiger partial charge in [0.2, 0.25) is 0 Å². The van der Waals surface area contributed by atoms with Crippen molar-refractivity contribution < 1.29 is 4.39 Å². The molecule has 6 heteroatoms. The largest absolute Gasteiger partial charge is 0.342 e. The van der Waals surface area contributed by atoms with Gasteiger partial charge in [-0.3, -0.25) is 0 Å². The van der Waals surface area contributed by atoms with E-state index in [0.29, 0.717) is 16.7 Å². The summed E-state index contributed by atoms with van der Waals surface area (Å²) in [5, 5.41) is 3.58. The smallest absolute Gasteiger partial charge is 0.187 e. The summed E-state index contributed by atoms with van der Waals surface area (Å²) in [4.78, 5) is 11.5. The van der Waals surface area contributed by atoms with Crippen LogP contribution in [0, 0.1) is 12.4 Å². The molecule has 0 spiro atoms. The Morgan fingerprint density at radius 3 is 2.58 bits per heavy atom. The van der Waals surface area contributed by atoms with E-state index in [-0.39, 0.29) is 10.4 Å². The number of nitrogens with one attached hydrogen (secondary N) is 2. The number of H-pyrrole nitrogens is 1. The molecule has 3 aromatic carbocycles. The number of fused-ring (bicyclic) bond motifs is 1. The standard InChI is InChI=1S/C27H24ClFN4/c1-30-21-4-2-3-19(15-21)18-5-7-20(8-6-18)27(11-13-31-14-12-27)10-9-26-32-24-16-22(28)23(29)17-25(24)33-26/h2-8,15-17,31H,9-14H2,(H,32,33). The average molecular weight is 459 g/mol. The Labute approximate surface area is 197 Å². The van der Waals surface area contributed by atoms with Crippen molar-refractivity contribution >= 4 is 28.3 Å². The van der Waals surface area contributed by atoms with Crippen LogP contribution in [0.2, 0.25) is 5.02 Å². The molecule has 1 fully saturated rings. The molecule has 2 heterocycles. The van der Waals surface area contributed by atoms with Crippen LogP contribution in [0.5, 0.6) is 0 Å². The highest BCUT2D eigenvalue weighted by atomic mass is 35.5. The van der Waals surface area contributed by atoms with Crippen LogP contribution in [0.15, 0.2) is 60.7 Å². The van der Waals surface area contributed by atoms with Crippen LogP contribution >= 0.6 is 11.6 Å². The highest BCUT2D eigenvalue weighted by molar-refractivity contribution is 6.31. The van der Waals surface area contributed by atoms with Crippen molar-refractivity contribution in [3.05, 3.63) is 94.3 Å². The molecule has 0 unspecified atom stereocenters. The minimum Gasteiger partial charge on any atom is -0.342 e. The number of imidazole rings is 1. The molecule has 0 amide bonds. The molecule has 0 aliphatic carbocycles. The second kappa shape index (κ2) is 8.97. The molecule has 4 nitrogen and oxygen atoms in total. The summed E-state index contributed by atoms with van der Waals surface area (Å²) in [6.45, 7) is 9.22. The number of rotatable bonds is 5. The van der Waals surface area contributed by atoms with E-state index in [4.69, 9.17) is 18.2 Å². The van der Waals surface area contributed by atoms with Crippen molar-refractivity contribution in [2.45, 2.75) is 31.1 Å². The fraction of sp³-hybridized carbons (Fsp3) is 0.259. The Bertz CT molecular complexity index is 1290. The Hall–Kier alpha value is -3.20. The van der Waals surface area contributed by atoms with Crippen molar-refractivity contribution in [3.8, 4) is 11.1 Å². The Morgan fingerprint density at radius 2 is 1.82 bits per heavy atom. The molecule has 0 bridgehead atoms. The minimum absolute atomic E-state index is 0.0595. The van der Waals surface area contributed by atoms with Crippen molar-refractivity contribution in [3.63, 3.8) is 0 Å². The van der Waals surface area contributed by atoms with Gasteiger partial charge in [-0.1, -0.05) is 54.1 Å². The summed E-state index contributed by atoms with van der Waals surface area (Å²) in [5.74, 6) is 0.424. The van der Waals surface area contributed by atoms with Crippen molar-refractivity contribution in [2.24, 2.45) is 0 Å². The highest BCUT2D eigenvalue weighted by Gasteiger charge is 2.33. The Morgan fingerprint density at radius 1 is 1.03 bits per heavy atom. The number of hydrogen-bond donors (Lipinski definition) is 2. The van der Waals surface area contributed by atoms with Crippen molar-refractivity contribution in [2.75, 3.05) is 13.1 Å². The number of benzene rings is 3. The van der Waals surface area contributed by atoms with E-state index in [9.17, 15) is 4.39 Å². The van der Waals surface area contributed by atoms with Gasteiger partial charge in [-0.05, 0) is 66.6 Å². The lowest BCUT2D eigenvalue weighted by molar-refractivity contribution is 0.286. The van der Waals surface area contributed by atoms with Gasteiger partial charge >= 0.3 is 0 Å². The molecule has 0 radical (unpaired) electrons. The maximum absolute atomic E-state index is 13.8. The van der Waals surface area contributed by atoms with Crippen LogP contribution in [-0.2, 0) is 11.8 Å². The van der Waals surface area contributed by atoms with E-state index in [2.05, 4.69) is 44.4 Å². The van der Waals surface area contributed by atoms with E-state index in [1.165, 1.54) is 11.6 Å². The van der Waals surface area contributed by atoms with Crippen molar-refractivity contribution in [1.29, 1.82) is 0 Å². The van der Waals surface area contributed by atoms with E-state index in [0.717, 1.165) is 55.7 Å².